The van der Waals surface area contributed by atoms with E-state index in [-0.39, 0.29) is 45.5 Å². The number of nitriles is 2. The molecule has 0 atom stereocenters. The zero-order valence-corrected chi connectivity index (χ0v) is 39.0. The van der Waals surface area contributed by atoms with Gasteiger partial charge >= 0.3 is 0 Å². The number of ketones is 1. The first kappa shape index (κ1) is 49.5. The Morgan fingerprint density at radius 1 is 0.580 bits per heavy atom. The monoisotopic (exact) mass is 917 g/mol. The van der Waals surface area contributed by atoms with Gasteiger partial charge in [0.25, 0.3) is 23.6 Å². The summed E-state index contributed by atoms with van der Waals surface area (Å²) in [5.41, 5.74) is 12.2. The van der Waals surface area contributed by atoms with E-state index in [1.54, 1.807) is 63.2 Å². The van der Waals surface area contributed by atoms with Crippen molar-refractivity contribution in [3.05, 3.63) is 214 Å². The van der Waals surface area contributed by atoms with E-state index >= 15 is 0 Å². The van der Waals surface area contributed by atoms with Gasteiger partial charge in [-0.3, -0.25) is 39.2 Å². The molecular formula is C56H51N7O6. The van der Waals surface area contributed by atoms with Gasteiger partial charge in [-0.2, -0.15) is 15.6 Å². The third-order valence-electron chi connectivity index (χ3n) is 11.2. The number of benzene rings is 6. The Labute approximate surface area is 401 Å². The summed E-state index contributed by atoms with van der Waals surface area (Å²) in [7, 11) is 0. The SMILES string of the molecule is CC(C)(C)/C(O)=C\C#N.CC(C)(C)C(=O)C(C#N)=NNc1cccc2c1C(=O)N(C(c1ccccc1)c1ccccc1)C2=O.Nc1cccc2c1C(=O)N(C(c1ccccc1)c1ccccc1)C2=O. The van der Waals surface area contributed by atoms with Crippen molar-refractivity contribution in [3.63, 3.8) is 0 Å². The number of fused-ring (bicyclic) bond motifs is 2. The van der Waals surface area contributed by atoms with E-state index in [9.17, 15) is 29.2 Å². The Morgan fingerprint density at radius 2 is 0.971 bits per heavy atom. The highest BCUT2D eigenvalue weighted by Crippen LogP contribution is 2.40. The van der Waals surface area contributed by atoms with Crippen LogP contribution in [0.2, 0.25) is 0 Å². The molecule has 0 saturated heterocycles. The van der Waals surface area contributed by atoms with E-state index in [0.717, 1.165) is 28.3 Å². The molecule has 4 N–H and O–H groups in total. The van der Waals surface area contributed by atoms with Crippen LogP contribution in [0.15, 0.2) is 175 Å². The summed E-state index contributed by atoms with van der Waals surface area (Å²) in [5, 5.41) is 30.5. The number of amides is 4. The number of hydrogen-bond acceptors (Lipinski definition) is 11. The maximum absolute atomic E-state index is 13.7. The fourth-order valence-electron chi connectivity index (χ4n) is 7.59. The van der Waals surface area contributed by atoms with Crippen LogP contribution in [0, 0.1) is 33.5 Å². The molecule has 2 aliphatic heterocycles. The lowest BCUT2D eigenvalue weighted by atomic mass is 9.88. The van der Waals surface area contributed by atoms with Gasteiger partial charge < -0.3 is 10.8 Å². The first-order valence-corrected chi connectivity index (χ1v) is 22.0. The highest BCUT2D eigenvalue weighted by Gasteiger charge is 2.44. The first-order valence-electron chi connectivity index (χ1n) is 22.0. The highest BCUT2D eigenvalue weighted by molar-refractivity contribution is 6.47. The van der Waals surface area contributed by atoms with Crippen molar-refractivity contribution in [3.8, 4) is 12.1 Å². The molecule has 2 heterocycles. The van der Waals surface area contributed by atoms with Gasteiger partial charge in [-0.05, 0) is 46.5 Å². The molecule has 0 bridgehead atoms. The molecule has 13 heteroatoms. The Kier molecular flexibility index (Phi) is 15.2. The number of aliphatic hydroxyl groups excluding tert-OH is 1. The van der Waals surface area contributed by atoms with Gasteiger partial charge in [0.1, 0.15) is 11.8 Å². The van der Waals surface area contributed by atoms with Gasteiger partial charge in [0.05, 0.1) is 52.2 Å². The molecule has 0 aliphatic carbocycles. The minimum Gasteiger partial charge on any atom is -0.511 e. The normalized spacial score (nSPS) is 13.4. The van der Waals surface area contributed by atoms with Crippen molar-refractivity contribution in [2.75, 3.05) is 11.2 Å². The van der Waals surface area contributed by atoms with Crippen molar-refractivity contribution in [2.45, 2.75) is 53.6 Å². The third-order valence-corrected chi connectivity index (χ3v) is 11.2. The Hall–Kier alpha value is -8.94. The summed E-state index contributed by atoms with van der Waals surface area (Å²) >= 11 is 0. The number of allylic oxidation sites excluding steroid dienone is 2. The summed E-state index contributed by atoms with van der Waals surface area (Å²) in [6.07, 6.45) is 1.15. The Morgan fingerprint density at radius 3 is 1.32 bits per heavy atom. The predicted molar refractivity (Wildman–Crippen MR) is 265 cm³/mol. The van der Waals surface area contributed by atoms with Crippen LogP contribution in [0.5, 0.6) is 0 Å². The summed E-state index contributed by atoms with van der Waals surface area (Å²) in [5.74, 6) is -1.88. The van der Waals surface area contributed by atoms with E-state index in [1.165, 1.54) is 9.80 Å². The lowest BCUT2D eigenvalue weighted by Crippen LogP contribution is -2.34. The number of aliphatic hydroxyl groups is 1. The fourth-order valence-corrected chi connectivity index (χ4v) is 7.59. The molecule has 8 rings (SSSR count). The zero-order valence-electron chi connectivity index (χ0n) is 39.0. The highest BCUT2D eigenvalue weighted by atomic mass is 16.3. The van der Waals surface area contributed by atoms with E-state index in [0.29, 0.717) is 16.8 Å². The number of imide groups is 2. The second-order valence-corrected chi connectivity index (χ2v) is 18.1. The van der Waals surface area contributed by atoms with Crippen LogP contribution >= 0.6 is 0 Å². The second kappa shape index (κ2) is 21.1. The average Bonchev–Trinajstić information content (AvgIpc) is 3.75. The quantitative estimate of drug-likeness (QED) is 0.0312. The van der Waals surface area contributed by atoms with Gasteiger partial charge in [0.15, 0.2) is 5.78 Å². The van der Waals surface area contributed by atoms with E-state index in [1.807, 2.05) is 148 Å². The average molecular weight is 918 g/mol. The van der Waals surface area contributed by atoms with Gasteiger partial charge in [0, 0.05) is 16.5 Å². The van der Waals surface area contributed by atoms with Crippen LogP contribution in [0.3, 0.4) is 0 Å². The first-order chi connectivity index (χ1) is 32.9. The van der Waals surface area contributed by atoms with Crippen molar-refractivity contribution < 1.29 is 29.1 Å². The molecule has 6 aromatic rings. The summed E-state index contributed by atoms with van der Waals surface area (Å²) in [4.78, 5) is 68.3. The molecule has 0 fully saturated rings. The number of Topliss-reactive ketones (excluding diaryl/α,β-unsaturated/α-hetero) is 1. The van der Waals surface area contributed by atoms with Crippen LogP contribution in [0.4, 0.5) is 11.4 Å². The maximum atomic E-state index is 13.7. The van der Waals surface area contributed by atoms with Crippen LogP contribution in [0.1, 0.15) is 117 Å². The molecule has 0 radical (unpaired) electrons. The van der Waals surface area contributed by atoms with E-state index in [4.69, 9.17) is 16.1 Å². The number of carbonyl (C=O) groups is 5. The molecule has 0 spiro atoms. The lowest BCUT2D eigenvalue weighted by Gasteiger charge is -2.27. The summed E-state index contributed by atoms with van der Waals surface area (Å²) in [6.45, 7) is 10.6. The van der Waals surface area contributed by atoms with Gasteiger partial charge in [-0.25, -0.2) is 0 Å². The summed E-state index contributed by atoms with van der Waals surface area (Å²) in [6, 6.07) is 50.1. The van der Waals surface area contributed by atoms with Gasteiger partial charge in [0.2, 0.25) is 5.71 Å². The van der Waals surface area contributed by atoms with Crippen molar-refractivity contribution >= 4 is 46.5 Å². The van der Waals surface area contributed by atoms with Crippen LogP contribution in [0.25, 0.3) is 0 Å². The minimum absolute atomic E-state index is 0.130. The number of nitrogens with zero attached hydrogens (tertiary/aromatic N) is 5. The van der Waals surface area contributed by atoms with E-state index in [2.05, 4.69) is 10.5 Å². The van der Waals surface area contributed by atoms with Crippen LogP contribution in [-0.2, 0) is 4.79 Å². The molecule has 2 aliphatic rings. The summed E-state index contributed by atoms with van der Waals surface area (Å²) < 4.78 is 0. The Bertz CT molecular complexity index is 2960. The lowest BCUT2D eigenvalue weighted by molar-refractivity contribution is -0.119. The van der Waals surface area contributed by atoms with Gasteiger partial charge in [-0.15, -0.1) is 0 Å². The third kappa shape index (κ3) is 10.9. The molecule has 13 nitrogen and oxygen atoms in total. The van der Waals surface area contributed by atoms with Crippen LogP contribution in [-0.4, -0.2) is 50.0 Å². The van der Waals surface area contributed by atoms with Crippen molar-refractivity contribution in [2.24, 2.45) is 15.9 Å². The number of nitrogens with one attached hydrogen (secondary N) is 1. The number of rotatable bonds is 9. The number of nitrogen functional groups attached to an aromatic ring is 1. The predicted octanol–water partition coefficient (Wildman–Crippen LogP) is 10.6. The topological polar surface area (TPSA) is 210 Å². The van der Waals surface area contributed by atoms with Crippen LogP contribution < -0.4 is 11.2 Å². The number of hydrazone groups is 1. The Balaban J connectivity index is 0.000000200. The molecule has 0 aromatic heterocycles. The standard InChI is InChI=1S/C28H24N4O3.C21H16N2O2.C7H11NO/c1-28(2,3)25(33)22(17-29)31-30-21-16-10-15-20-23(21)27(35)32(26(20)34)24(18-11-6-4-7-12-18)19-13-8-5-9-14-19;22-17-13-7-12-16-18(17)21(25)23(20(16)24)19(14-8-3-1-4-9-14)15-10-5-2-6-11-15;1-7(2,3)6(9)4-5-8/h4-16,24,30H,1-3H3;1-13,19H,22H2;4,9H,1-3H3/b;;6-4+. The molecule has 0 saturated carbocycles. The van der Waals surface area contributed by atoms with Crippen molar-refractivity contribution in [1.82, 2.24) is 9.80 Å². The molecule has 4 amide bonds. The molecule has 346 valence electrons. The molecule has 0 unspecified atom stereocenters. The fraction of sp³-hybridized carbons (Fsp3) is 0.179. The number of anilines is 2. The zero-order chi connectivity index (χ0) is 50.0. The van der Waals surface area contributed by atoms with E-state index < -0.39 is 35.1 Å². The van der Waals surface area contributed by atoms with Crippen molar-refractivity contribution in [1.29, 1.82) is 10.5 Å². The number of nitrogens with two attached hydrogens (primary N) is 1. The maximum Gasteiger partial charge on any atom is 0.264 e. The largest absolute Gasteiger partial charge is 0.511 e. The number of carbonyl (C=O) groups excluding carboxylic acids is 5. The molecule has 6 aromatic carbocycles. The second-order valence-electron chi connectivity index (χ2n) is 18.1. The molecule has 69 heavy (non-hydrogen) atoms. The van der Waals surface area contributed by atoms with Gasteiger partial charge in [-0.1, -0.05) is 175 Å². The molecular weight excluding hydrogens is 867 g/mol. The smallest absolute Gasteiger partial charge is 0.264 e. The minimum atomic E-state index is -0.796. The number of hydrogen-bond donors (Lipinski definition) is 3.